The molecule has 1 saturated carbocycles. The van der Waals surface area contributed by atoms with E-state index in [0.29, 0.717) is 0 Å². The fourth-order valence-corrected chi connectivity index (χ4v) is 3.19. The Bertz CT molecular complexity index is 379. The summed E-state index contributed by atoms with van der Waals surface area (Å²) in [6.07, 6.45) is 4.69. The number of hydrogen-bond acceptors (Lipinski definition) is 3. The van der Waals surface area contributed by atoms with Gasteiger partial charge in [0, 0.05) is 13.1 Å². The molecule has 3 amide bonds. The number of carbonyl (C=O) groups is 3. The van der Waals surface area contributed by atoms with Crippen LogP contribution in [-0.4, -0.2) is 47.2 Å². The summed E-state index contributed by atoms with van der Waals surface area (Å²) >= 11 is 0. The van der Waals surface area contributed by atoms with Crippen molar-refractivity contribution in [2.75, 3.05) is 19.6 Å². The number of carbonyl (C=O) groups excluding carboxylic acids is 3. The summed E-state index contributed by atoms with van der Waals surface area (Å²) in [5, 5.41) is 0. The number of hydrogen-bond donors (Lipinski definition) is 0. The highest BCUT2D eigenvalue weighted by Crippen LogP contribution is 2.37. The summed E-state index contributed by atoms with van der Waals surface area (Å²) in [5.41, 5.74) is 0. The van der Waals surface area contributed by atoms with E-state index in [-0.39, 0.29) is 36.1 Å². The molecule has 3 rings (SSSR count). The highest BCUT2D eigenvalue weighted by atomic mass is 16.2. The first kappa shape index (κ1) is 11.7. The second-order valence-electron chi connectivity index (χ2n) is 5.49. The maximum atomic E-state index is 12.1. The molecule has 2 saturated heterocycles. The number of amides is 3. The SMILES string of the molecule is O=C(CN1C(=O)C2CCCCC2C1=O)N1CCC1. The highest BCUT2D eigenvalue weighted by molar-refractivity contribution is 6.07. The van der Waals surface area contributed by atoms with Gasteiger partial charge in [-0.25, -0.2) is 0 Å². The van der Waals surface area contributed by atoms with Crippen LogP contribution < -0.4 is 0 Å². The molecular formula is C13H18N2O3. The van der Waals surface area contributed by atoms with E-state index in [1.165, 1.54) is 4.90 Å². The van der Waals surface area contributed by atoms with E-state index < -0.39 is 0 Å². The number of likely N-dealkylation sites (tertiary alicyclic amines) is 2. The summed E-state index contributed by atoms with van der Waals surface area (Å²) in [4.78, 5) is 39.1. The molecule has 0 N–H and O–H groups in total. The third-order valence-electron chi connectivity index (χ3n) is 4.43. The molecule has 98 valence electrons. The lowest BCUT2D eigenvalue weighted by atomic mass is 9.81. The van der Waals surface area contributed by atoms with Gasteiger partial charge in [-0.3, -0.25) is 19.3 Å². The van der Waals surface area contributed by atoms with Crippen molar-refractivity contribution < 1.29 is 14.4 Å². The fraction of sp³-hybridized carbons (Fsp3) is 0.769. The Kier molecular flexibility index (Phi) is 2.84. The van der Waals surface area contributed by atoms with Crippen LogP contribution in [0.2, 0.25) is 0 Å². The minimum absolute atomic E-state index is 0.0370. The van der Waals surface area contributed by atoms with Gasteiger partial charge in [-0.2, -0.15) is 0 Å². The van der Waals surface area contributed by atoms with E-state index in [9.17, 15) is 14.4 Å². The molecule has 5 nitrogen and oxygen atoms in total. The second kappa shape index (κ2) is 4.37. The van der Waals surface area contributed by atoms with Crippen molar-refractivity contribution >= 4 is 17.7 Å². The molecule has 1 aliphatic carbocycles. The molecule has 0 radical (unpaired) electrons. The average Bonchev–Trinajstić information content (AvgIpc) is 2.53. The van der Waals surface area contributed by atoms with Crippen LogP contribution in [0.5, 0.6) is 0 Å². The van der Waals surface area contributed by atoms with Gasteiger partial charge in [0.25, 0.3) is 0 Å². The normalized spacial score (nSPS) is 31.3. The lowest BCUT2D eigenvalue weighted by Crippen LogP contribution is -2.48. The summed E-state index contributed by atoms with van der Waals surface area (Å²) < 4.78 is 0. The summed E-state index contributed by atoms with van der Waals surface area (Å²) in [5.74, 6) is -0.593. The number of imide groups is 1. The lowest BCUT2D eigenvalue weighted by Gasteiger charge is -2.32. The van der Waals surface area contributed by atoms with Gasteiger partial charge in [0.15, 0.2) is 0 Å². The Labute approximate surface area is 106 Å². The van der Waals surface area contributed by atoms with Gasteiger partial charge in [-0.05, 0) is 19.3 Å². The fourth-order valence-electron chi connectivity index (χ4n) is 3.19. The molecule has 2 atom stereocenters. The van der Waals surface area contributed by atoms with E-state index in [2.05, 4.69) is 0 Å². The van der Waals surface area contributed by atoms with Crippen molar-refractivity contribution in [3.8, 4) is 0 Å². The van der Waals surface area contributed by atoms with Crippen LogP contribution in [0, 0.1) is 11.8 Å². The number of fused-ring (bicyclic) bond motifs is 1. The van der Waals surface area contributed by atoms with Gasteiger partial charge in [-0.15, -0.1) is 0 Å². The molecule has 0 aromatic carbocycles. The van der Waals surface area contributed by atoms with Gasteiger partial charge >= 0.3 is 0 Å². The van der Waals surface area contributed by atoms with Crippen LogP contribution in [0.4, 0.5) is 0 Å². The van der Waals surface area contributed by atoms with Crippen molar-refractivity contribution in [2.24, 2.45) is 11.8 Å². The zero-order valence-electron chi connectivity index (χ0n) is 10.4. The third-order valence-corrected chi connectivity index (χ3v) is 4.43. The van der Waals surface area contributed by atoms with Gasteiger partial charge in [0.1, 0.15) is 6.54 Å². The molecule has 0 spiro atoms. The zero-order valence-corrected chi connectivity index (χ0v) is 10.4. The number of rotatable bonds is 2. The minimum atomic E-state index is -0.143. The summed E-state index contributed by atoms with van der Waals surface area (Å²) in [6.45, 7) is 1.49. The molecule has 2 unspecified atom stereocenters. The van der Waals surface area contributed by atoms with Crippen LogP contribution in [0.3, 0.4) is 0 Å². The maximum Gasteiger partial charge on any atom is 0.242 e. The Morgan fingerprint density at radius 2 is 1.56 bits per heavy atom. The van der Waals surface area contributed by atoms with Crippen molar-refractivity contribution in [3.05, 3.63) is 0 Å². The first-order chi connectivity index (χ1) is 8.68. The maximum absolute atomic E-state index is 12.1. The largest absolute Gasteiger partial charge is 0.341 e. The molecule has 0 aromatic rings. The standard InChI is InChI=1S/C13H18N2O3/c16-11(14-6-3-7-14)8-15-12(17)9-4-1-2-5-10(9)13(15)18/h9-10H,1-8H2. The monoisotopic (exact) mass is 250 g/mol. The molecule has 5 heteroatoms. The van der Waals surface area contributed by atoms with Gasteiger partial charge < -0.3 is 4.90 Å². The van der Waals surface area contributed by atoms with Crippen LogP contribution in [-0.2, 0) is 14.4 Å². The van der Waals surface area contributed by atoms with Crippen molar-refractivity contribution in [2.45, 2.75) is 32.1 Å². The smallest absolute Gasteiger partial charge is 0.242 e. The van der Waals surface area contributed by atoms with E-state index in [4.69, 9.17) is 0 Å². The first-order valence-corrected chi connectivity index (χ1v) is 6.81. The quantitative estimate of drug-likeness (QED) is 0.666. The van der Waals surface area contributed by atoms with E-state index in [1.54, 1.807) is 4.90 Å². The Morgan fingerprint density at radius 3 is 2.00 bits per heavy atom. The van der Waals surface area contributed by atoms with E-state index in [0.717, 1.165) is 45.2 Å². The first-order valence-electron chi connectivity index (χ1n) is 6.81. The Hall–Kier alpha value is -1.39. The predicted octanol–water partition coefficient (Wildman–Crippen LogP) is 0.394. The van der Waals surface area contributed by atoms with Gasteiger partial charge in [0.2, 0.25) is 17.7 Å². The average molecular weight is 250 g/mol. The molecule has 2 aliphatic heterocycles. The van der Waals surface area contributed by atoms with E-state index >= 15 is 0 Å². The predicted molar refractivity (Wildman–Crippen MR) is 63.4 cm³/mol. The Balaban J connectivity index is 1.69. The third kappa shape index (κ3) is 1.72. The van der Waals surface area contributed by atoms with Crippen molar-refractivity contribution in [3.63, 3.8) is 0 Å². The van der Waals surface area contributed by atoms with Crippen LogP contribution in [0.15, 0.2) is 0 Å². The second-order valence-corrected chi connectivity index (χ2v) is 5.49. The molecule has 3 fully saturated rings. The molecule has 3 aliphatic rings. The summed E-state index contributed by atoms with van der Waals surface area (Å²) in [6, 6.07) is 0. The minimum Gasteiger partial charge on any atom is -0.341 e. The molecule has 0 bridgehead atoms. The van der Waals surface area contributed by atoms with Gasteiger partial charge in [0.05, 0.1) is 11.8 Å². The molecule has 2 heterocycles. The molecule has 0 aromatic heterocycles. The van der Waals surface area contributed by atoms with Gasteiger partial charge in [-0.1, -0.05) is 12.8 Å². The summed E-state index contributed by atoms with van der Waals surface area (Å²) in [7, 11) is 0. The van der Waals surface area contributed by atoms with E-state index in [1.807, 2.05) is 0 Å². The van der Waals surface area contributed by atoms with Crippen molar-refractivity contribution in [1.29, 1.82) is 0 Å². The number of nitrogens with zero attached hydrogens (tertiary/aromatic N) is 2. The highest BCUT2D eigenvalue weighted by Gasteiger charge is 2.48. The van der Waals surface area contributed by atoms with Crippen LogP contribution in [0.1, 0.15) is 32.1 Å². The topological polar surface area (TPSA) is 57.7 Å². The Morgan fingerprint density at radius 1 is 1.00 bits per heavy atom. The molecule has 18 heavy (non-hydrogen) atoms. The lowest BCUT2D eigenvalue weighted by molar-refractivity contribution is -0.148. The zero-order chi connectivity index (χ0) is 12.7. The molecular weight excluding hydrogens is 232 g/mol. The van der Waals surface area contributed by atoms with Crippen molar-refractivity contribution in [1.82, 2.24) is 9.80 Å². The van der Waals surface area contributed by atoms with Crippen LogP contribution in [0.25, 0.3) is 0 Å². The van der Waals surface area contributed by atoms with Crippen LogP contribution >= 0.6 is 0 Å².